The molecule has 0 saturated carbocycles. The lowest BCUT2D eigenvalue weighted by Crippen LogP contribution is -2.49. The van der Waals surface area contributed by atoms with Crippen molar-refractivity contribution in [3.63, 3.8) is 0 Å². The summed E-state index contributed by atoms with van der Waals surface area (Å²) in [6, 6.07) is 10.2. The quantitative estimate of drug-likeness (QED) is 0.817. The van der Waals surface area contributed by atoms with Gasteiger partial charge in [0.2, 0.25) is 5.91 Å². The van der Waals surface area contributed by atoms with Gasteiger partial charge in [-0.15, -0.1) is 0 Å². The van der Waals surface area contributed by atoms with E-state index in [0.717, 1.165) is 69.8 Å². The zero-order chi connectivity index (χ0) is 20.4. The summed E-state index contributed by atoms with van der Waals surface area (Å²) in [6.07, 6.45) is 7.11. The maximum Gasteiger partial charge on any atom is 0.234 e. The first-order valence-corrected chi connectivity index (χ1v) is 11.1. The summed E-state index contributed by atoms with van der Waals surface area (Å²) in [5.41, 5.74) is 3.12. The van der Waals surface area contributed by atoms with Crippen LogP contribution in [0.3, 0.4) is 0 Å². The van der Waals surface area contributed by atoms with E-state index in [1.54, 1.807) is 0 Å². The number of hydrogen-bond donors (Lipinski definition) is 1. The molecule has 1 spiro atoms. The molecule has 5 rings (SSSR count). The second kappa shape index (κ2) is 8.49. The predicted octanol–water partition coefficient (Wildman–Crippen LogP) is 2.03. The number of para-hydroxylation sites is 1. The van der Waals surface area contributed by atoms with Crippen LogP contribution in [0.2, 0.25) is 0 Å². The van der Waals surface area contributed by atoms with E-state index in [-0.39, 0.29) is 17.6 Å². The number of amides is 1. The third-order valence-electron chi connectivity index (χ3n) is 6.57. The molecule has 30 heavy (non-hydrogen) atoms. The lowest BCUT2D eigenvalue weighted by atomic mass is 9.84. The minimum Gasteiger partial charge on any atom is -0.376 e. The standard InChI is InChI=1S/C23H30N4O3/c28-21(24-15-20-7-4-13-29-20)17-26-11-9-23(10-12-26)22-18(8-14-30-23)16-27(25-22)19-5-2-1-3-6-19/h1-3,5-6,16,20H,4,7-15,17H2,(H,24,28). The highest BCUT2D eigenvalue weighted by molar-refractivity contribution is 5.78. The van der Waals surface area contributed by atoms with Gasteiger partial charge >= 0.3 is 0 Å². The molecule has 2 saturated heterocycles. The number of nitrogens with zero attached hydrogens (tertiary/aromatic N) is 3. The molecule has 3 aliphatic heterocycles. The van der Waals surface area contributed by atoms with E-state index in [9.17, 15) is 4.79 Å². The molecular formula is C23H30N4O3. The van der Waals surface area contributed by atoms with Crippen molar-refractivity contribution in [3.8, 4) is 5.69 Å². The van der Waals surface area contributed by atoms with Gasteiger partial charge in [0.25, 0.3) is 0 Å². The van der Waals surface area contributed by atoms with Crippen LogP contribution >= 0.6 is 0 Å². The zero-order valence-electron chi connectivity index (χ0n) is 17.4. The van der Waals surface area contributed by atoms with Gasteiger partial charge < -0.3 is 14.8 Å². The minimum atomic E-state index is -0.321. The second-order valence-corrected chi connectivity index (χ2v) is 8.59. The number of carbonyl (C=O) groups is 1. The molecule has 0 aliphatic carbocycles. The molecule has 0 bridgehead atoms. The van der Waals surface area contributed by atoms with Gasteiger partial charge in [0.1, 0.15) is 5.60 Å². The molecule has 3 aliphatic rings. The Hall–Kier alpha value is -2.22. The van der Waals surface area contributed by atoms with Gasteiger partial charge in [-0.1, -0.05) is 18.2 Å². The normalized spacial score (nSPS) is 23.4. The minimum absolute atomic E-state index is 0.0834. The van der Waals surface area contributed by atoms with Crippen molar-refractivity contribution in [1.29, 1.82) is 0 Å². The molecule has 160 valence electrons. The molecule has 1 amide bonds. The van der Waals surface area contributed by atoms with E-state index in [1.807, 2.05) is 22.9 Å². The molecule has 1 aromatic carbocycles. The van der Waals surface area contributed by atoms with Crippen molar-refractivity contribution >= 4 is 5.91 Å². The first-order valence-electron chi connectivity index (χ1n) is 11.1. The summed E-state index contributed by atoms with van der Waals surface area (Å²) >= 11 is 0. The maximum absolute atomic E-state index is 12.3. The number of aromatic nitrogens is 2. The Kier molecular flexibility index (Phi) is 5.58. The fourth-order valence-corrected chi connectivity index (χ4v) is 4.86. The molecule has 7 nitrogen and oxygen atoms in total. The third-order valence-corrected chi connectivity index (χ3v) is 6.57. The predicted molar refractivity (Wildman–Crippen MR) is 113 cm³/mol. The van der Waals surface area contributed by atoms with Gasteiger partial charge in [-0.25, -0.2) is 4.68 Å². The van der Waals surface area contributed by atoms with E-state index in [1.165, 1.54) is 5.56 Å². The number of hydrogen-bond acceptors (Lipinski definition) is 5. The van der Waals surface area contributed by atoms with E-state index in [0.29, 0.717) is 13.1 Å². The molecule has 4 heterocycles. The van der Waals surface area contributed by atoms with Crippen LogP contribution in [-0.2, 0) is 26.3 Å². The lowest BCUT2D eigenvalue weighted by Gasteiger charge is -2.42. The number of piperidine rings is 1. The van der Waals surface area contributed by atoms with Crippen LogP contribution in [0.5, 0.6) is 0 Å². The monoisotopic (exact) mass is 410 g/mol. The molecule has 2 aromatic rings. The lowest BCUT2D eigenvalue weighted by molar-refractivity contribution is -0.127. The molecular weight excluding hydrogens is 380 g/mol. The molecule has 1 aromatic heterocycles. The SMILES string of the molecule is O=C(CN1CCC2(CC1)OCCc1cn(-c3ccccc3)nc12)NCC1CCCO1. The smallest absolute Gasteiger partial charge is 0.234 e. The van der Waals surface area contributed by atoms with Crippen LogP contribution in [0.1, 0.15) is 36.9 Å². The van der Waals surface area contributed by atoms with E-state index in [2.05, 4.69) is 28.5 Å². The first kappa shape index (κ1) is 19.7. The number of ether oxygens (including phenoxy) is 2. The molecule has 7 heteroatoms. The molecule has 1 N–H and O–H groups in total. The number of likely N-dealkylation sites (tertiary alicyclic amines) is 1. The van der Waals surface area contributed by atoms with Crippen LogP contribution in [-0.4, -0.2) is 66.1 Å². The number of carbonyl (C=O) groups excluding carboxylic acids is 1. The number of nitrogens with one attached hydrogen (secondary N) is 1. The number of fused-ring (bicyclic) bond motifs is 2. The molecule has 1 unspecified atom stereocenters. The average Bonchev–Trinajstić information content (AvgIpc) is 3.45. The highest BCUT2D eigenvalue weighted by Crippen LogP contribution is 2.40. The Balaban J connectivity index is 1.21. The zero-order valence-corrected chi connectivity index (χ0v) is 17.4. The summed E-state index contributed by atoms with van der Waals surface area (Å²) in [4.78, 5) is 14.6. The Bertz CT molecular complexity index is 868. The second-order valence-electron chi connectivity index (χ2n) is 8.59. The third kappa shape index (κ3) is 4.02. The van der Waals surface area contributed by atoms with Gasteiger partial charge in [0.15, 0.2) is 0 Å². The van der Waals surface area contributed by atoms with Crippen molar-refractivity contribution < 1.29 is 14.3 Å². The fraction of sp³-hybridized carbons (Fsp3) is 0.565. The Morgan fingerprint density at radius 2 is 2.03 bits per heavy atom. The van der Waals surface area contributed by atoms with Crippen molar-refractivity contribution in [1.82, 2.24) is 20.0 Å². The summed E-state index contributed by atoms with van der Waals surface area (Å²) in [5.74, 6) is 0.0834. The van der Waals surface area contributed by atoms with Crippen molar-refractivity contribution in [2.75, 3.05) is 39.4 Å². The molecule has 2 fully saturated rings. The van der Waals surface area contributed by atoms with Crippen LogP contribution in [0.15, 0.2) is 36.5 Å². The topological polar surface area (TPSA) is 68.6 Å². The first-order chi connectivity index (χ1) is 14.7. The van der Waals surface area contributed by atoms with Gasteiger partial charge in [-0.05, 0) is 49.8 Å². The molecule has 0 radical (unpaired) electrons. The van der Waals surface area contributed by atoms with Crippen molar-refractivity contribution in [2.45, 2.75) is 43.8 Å². The van der Waals surface area contributed by atoms with Gasteiger partial charge in [0, 0.05) is 32.4 Å². The number of rotatable bonds is 5. The Morgan fingerprint density at radius 1 is 1.20 bits per heavy atom. The van der Waals surface area contributed by atoms with E-state index in [4.69, 9.17) is 14.6 Å². The highest BCUT2D eigenvalue weighted by atomic mass is 16.5. The average molecular weight is 411 g/mol. The highest BCUT2D eigenvalue weighted by Gasteiger charge is 2.43. The van der Waals surface area contributed by atoms with E-state index >= 15 is 0 Å². The largest absolute Gasteiger partial charge is 0.376 e. The van der Waals surface area contributed by atoms with Crippen molar-refractivity contribution in [3.05, 3.63) is 47.8 Å². The fourth-order valence-electron chi connectivity index (χ4n) is 4.86. The van der Waals surface area contributed by atoms with Gasteiger partial charge in [-0.3, -0.25) is 9.69 Å². The van der Waals surface area contributed by atoms with Crippen LogP contribution in [0.4, 0.5) is 0 Å². The van der Waals surface area contributed by atoms with Gasteiger partial charge in [0.05, 0.1) is 30.6 Å². The summed E-state index contributed by atoms with van der Waals surface area (Å²) < 4.78 is 13.9. The van der Waals surface area contributed by atoms with Gasteiger partial charge in [-0.2, -0.15) is 5.10 Å². The number of benzene rings is 1. The Morgan fingerprint density at radius 3 is 2.80 bits per heavy atom. The summed E-state index contributed by atoms with van der Waals surface area (Å²) in [6.45, 7) is 4.29. The van der Waals surface area contributed by atoms with Crippen molar-refractivity contribution in [2.24, 2.45) is 0 Å². The van der Waals surface area contributed by atoms with Crippen LogP contribution < -0.4 is 5.32 Å². The molecule has 1 atom stereocenters. The van der Waals surface area contributed by atoms with Crippen LogP contribution in [0, 0.1) is 0 Å². The Labute approximate surface area is 177 Å². The maximum atomic E-state index is 12.3. The summed E-state index contributed by atoms with van der Waals surface area (Å²) in [7, 11) is 0. The van der Waals surface area contributed by atoms with E-state index < -0.39 is 0 Å². The summed E-state index contributed by atoms with van der Waals surface area (Å²) in [5, 5.41) is 7.96. The van der Waals surface area contributed by atoms with Crippen LogP contribution in [0.25, 0.3) is 5.69 Å².